The number of aryl methyl sites for hydroxylation is 1. The summed E-state index contributed by atoms with van der Waals surface area (Å²) in [6.45, 7) is 3.84. The normalized spacial score (nSPS) is 15.8. The molecule has 0 saturated carbocycles. The van der Waals surface area contributed by atoms with E-state index >= 15 is 0 Å². The minimum Gasteiger partial charge on any atom is -0.481 e. The van der Waals surface area contributed by atoms with Crippen molar-refractivity contribution in [3.8, 4) is 0 Å². The number of anilines is 1. The Morgan fingerprint density at radius 3 is 2.40 bits per heavy atom. The lowest BCUT2D eigenvalue weighted by Gasteiger charge is -2.29. The van der Waals surface area contributed by atoms with E-state index in [0.717, 1.165) is 18.7 Å². The van der Waals surface area contributed by atoms with Crippen LogP contribution in [0.5, 0.6) is 0 Å². The van der Waals surface area contributed by atoms with Gasteiger partial charge in [-0.1, -0.05) is 24.3 Å². The number of carboxylic acids is 1. The third-order valence-electron chi connectivity index (χ3n) is 4.99. The largest absolute Gasteiger partial charge is 0.481 e. The van der Waals surface area contributed by atoms with Crippen LogP contribution < -0.4 is 4.90 Å². The van der Waals surface area contributed by atoms with Crippen LogP contribution in [0.3, 0.4) is 0 Å². The van der Waals surface area contributed by atoms with Gasteiger partial charge in [0.25, 0.3) is 0 Å². The predicted octanol–water partition coefficient (Wildman–Crippen LogP) is 4.54. The summed E-state index contributed by atoms with van der Waals surface area (Å²) in [5, 5.41) is 9.58. The maximum Gasteiger partial charge on any atom is 0.311 e. The van der Waals surface area contributed by atoms with Gasteiger partial charge in [0.15, 0.2) is 0 Å². The maximum atomic E-state index is 13.8. The fraction of sp³-hybridized carbons (Fsp3) is 0.381. The Labute approximate surface area is 148 Å². The second-order valence-electron chi connectivity index (χ2n) is 6.82. The van der Waals surface area contributed by atoms with Crippen LogP contribution in [0.2, 0.25) is 0 Å². The van der Waals surface area contributed by atoms with Crippen LogP contribution in [0.25, 0.3) is 0 Å². The number of carbonyl (C=O) groups is 1. The summed E-state index contributed by atoms with van der Waals surface area (Å²) in [4.78, 5) is 14.1. The number of nitrogens with zero attached hydrogens (tertiary/aromatic N) is 1. The Morgan fingerprint density at radius 1 is 1.12 bits per heavy atom. The van der Waals surface area contributed by atoms with Crippen LogP contribution in [0.1, 0.15) is 41.9 Å². The Balaban J connectivity index is 1.75. The molecule has 25 heavy (non-hydrogen) atoms. The van der Waals surface area contributed by atoms with Crippen LogP contribution in [-0.4, -0.2) is 24.2 Å². The molecule has 0 aliphatic carbocycles. The number of benzene rings is 2. The van der Waals surface area contributed by atoms with E-state index in [4.69, 9.17) is 0 Å². The zero-order valence-electron chi connectivity index (χ0n) is 14.5. The summed E-state index contributed by atoms with van der Waals surface area (Å²) in [6, 6.07) is 12.8. The topological polar surface area (TPSA) is 40.5 Å². The van der Waals surface area contributed by atoms with Crippen molar-refractivity contribution < 1.29 is 14.3 Å². The van der Waals surface area contributed by atoms with Gasteiger partial charge < -0.3 is 10.0 Å². The van der Waals surface area contributed by atoms with E-state index in [0.29, 0.717) is 17.5 Å². The zero-order valence-corrected chi connectivity index (χ0v) is 14.5. The third-order valence-corrected chi connectivity index (χ3v) is 4.99. The summed E-state index contributed by atoms with van der Waals surface area (Å²) in [7, 11) is 0. The molecule has 1 atom stereocenters. The van der Waals surface area contributed by atoms with Crippen molar-refractivity contribution in [3.63, 3.8) is 0 Å². The average Bonchev–Trinajstić information content (AvgIpc) is 2.63. The molecular formula is C21H24FNO2. The van der Waals surface area contributed by atoms with Crippen molar-refractivity contribution >= 4 is 11.7 Å². The van der Waals surface area contributed by atoms with Crippen molar-refractivity contribution in [2.75, 3.05) is 18.0 Å². The summed E-state index contributed by atoms with van der Waals surface area (Å²) in [5.41, 5.74) is 3.18. The molecule has 0 spiro atoms. The highest BCUT2D eigenvalue weighted by atomic mass is 19.1. The van der Waals surface area contributed by atoms with Crippen molar-refractivity contribution in [2.24, 2.45) is 0 Å². The highest BCUT2D eigenvalue weighted by molar-refractivity contribution is 5.76. The molecular weight excluding hydrogens is 317 g/mol. The van der Waals surface area contributed by atoms with E-state index in [-0.39, 0.29) is 5.82 Å². The first kappa shape index (κ1) is 17.5. The van der Waals surface area contributed by atoms with Gasteiger partial charge in [0.2, 0.25) is 0 Å². The highest BCUT2D eigenvalue weighted by Gasteiger charge is 2.21. The average molecular weight is 341 g/mol. The van der Waals surface area contributed by atoms with Crippen LogP contribution in [0.4, 0.5) is 10.1 Å². The van der Waals surface area contributed by atoms with Crippen molar-refractivity contribution in [1.82, 2.24) is 0 Å². The molecule has 2 aromatic rings. The van der Waals surface area contributed by atoms with Gasteiger partial charge in [0.1, 0.15) is 5.82 Å². The van der Waals surface area contributed by atoms with Gasteiger partial charge in [-0.25, -0.2) is 4.39 Å². The first-order valence-corrected chi connectivity index (χ1v) is 8.87. The van der Waals surface area contributed by atoms with E-state index in [1.807, 2.05) is 12.1 Å². The monoisotopic (exact) mass is 341 g/mol. The molecule has 2 aromatic carbocycles. The van der Waals surface area contributed by atoms with Crippen LogP contribution in [0.15, 0.2) is 42.5 Å². The number of rotatable bonds is 5. The molecule has 1 heterocycles. The molecule has 0 radical (unpaired) electrons. The summed E-state index contributed by atoms with van der Waals surface area (Å²) >= 11 is 0. The lowest BCUT2D eigenvalue weighted by Crippen LogP contribution is -2.29. The standard InChI is InChI=1S/C21H24FNO2/c1-15-5-8-17(14-20(15)22)19(21(24)25)13-16-6-9-18(10-7-16)23-11-3-2-4-12-23/h5-10,14,19H,2-4,11-13H2,1H3,(H,24,25). The van der Waals surface area contributed by atoms with Crippen LogP contribution in [-0.2, 0) is 11.2 Å². The van der Waals surface area contributed by atoms with E-state index in [1.54, 1.807) is 19.1 Å². The van der Waals surface area contributed by atoms with Gasteiger partial charge in [0.05, 0.1) is 5.92 Å². The number of halogens is 1. The van der Waals surface area contributed by atoms with Gasteiger partial charge in [0, 0.05) is 18.8 Å². The number of piperidine rings is 1. The number of hydrogen-bond acceptors (Lipinski definition) is 2. The molecule has 3 rings (SSSR count). The fourth-order valence-corrected chi connectivity index (χ4v) is 3.40. The van der Waals surface area contributed by atoms with Crippen molar-refractivity contribution in [3.05, 3.63) is 65.0 Å². The Bertz CT molecular complexity index is 736. The summed E-state index contributed by atoms with van der Waals surface area (Å²) in [5.74, 6) is -2.02. The molecule has 1 saturated heterocycles. The predicted molar refractivity (Wildman–Crippen MR) is 97.7 cm³/mol. The molecule has 1 fully saturated rings. The number of aliphatic carboxylic acids is 1. The van der Waals surface area contributed by atoms with Crippen molar-refractivity contribution in [2.45, 2.75) is 38.5 Å². The fourth-order valence-electron chi connectivity index (χ4n) is 3.40. The van der Waals surface area contributed by atoms with Gasteiger partial charge >= 0.3 is 5.97 Å². The lowest BCUT2D eigenvalue weighted by atomic mass is 9.91. The summed E-state index contributed by atoms with van der Waals surface area (Å²) < 4.78 is 13.8. The Kier molecular flexibility index (Phi) is 5.37. The quantitative estimate of drug-likeness (QED) is 0.868. The molecule has 0 aromatic heterocycles. The molecule has 1 aliphatic rings. The molecule has 1 unspecified atom stereocenters. The first-order valence-electron chi connectivity index (χ1n) is 8.87. The first-order chi connectivity index (χ1) is 12.0. The van der Waals surface area contributed by atoms with Gasteiger partial charge in [-0.05, 0) is 67.5 Å². The minimum absolute atomic E-state index is 0.357. The van der Waals surface area contributed by atoms with E-state index in [1.165, 1.54) is 31.0 Å². The second-order valence-corrected chi connectivity index (χ2v) is 6.82. The Morgan fingerprint density at radius 2 is 1.80 bits per heavy atom. The lowest BCUT2D eigenvalue weighted by molar-refractivity contribution is -0.138. The molecule has 132 valence electrons. The highest BCUT2D eigenvalue weighted by Crippen LogP contribution is 2.26. The van der Waals surface area contributed by atoms with E-state index in [2.05, 4.69) is 17.0 Å². The number of carboxylic acid groups (broad SMARTS) is 1. The molecule has 1 N–H and O–H groups in total. The van der Waals surface area contributed by atoms with Gasteiger partial charge in [-0.3, -0.25) is 4.79 Å². The van der Waals surface area contributed by atoms with E-state index < -0.39 is 11.9 Å². The second kappa shape index (κ2) is 7.68. The van der Waals surface area contributed by atoms with Gasteiger partial charge in [-0.2, -0.15) is 0 Å². The number of hydrogen-bond donors (Lipinski definition) is 1. The molecule has 3 nitrogen and oxygen atoms in total. The Hall–Kier alpha value is -2.36. The maximum absolute atomic E-state index is 13.8. The van der Waals surface area contributed by atoms with Crippen molar-refractivity contribution in [1.29, 1.82) is 0 Å². The smallest absolute Gasteiger partial charge is 0.311 e. The zero-order chi connectivity index (χ0) is 17.8. The minimum atomic E-state index is -0.927. The van der Waals surface area contributed by atoms with Gasteiger partial charge in [-0.15, -0.1) is 0 Å². The molecule has 0 amide bonds. The summed E-state index contributed by atoms with van der Waals surface area (Å²) in [6.07, 6.45) is 4.10. The third kappa shape index (κ3) is 4.19. The molecule has 1 aliphatic heterocycles. The SMILES string of the molecule is Cc1ccc(C(Cc2ccc(N3CCCCC3)cc2)C(=O)O)cc1F. The molecule has 4 heteroatoms. The van der Waals surface area contributed by atoms with Crippen LogP contribution >= 0.6 is 0 Å². The van der Waals surface area contributed by atoms with Crippen LogP contribution in [0, 0.1) is 12.7 Å². The molecule has 0 bridgehead atoms. The van der Waals surface area contributed by atoms with E-state index in [9.17, 15) is 14.3 Å².